The van der Waals surface area contributed by atoms with Crippen LogP contribution in [0.3, 0.4) is 0 Å². The third-order valence-corrected chi connectivity index (χ3v) is 7.17. The molecule has 0 bridgehead atoms. The number of piperidine rings is 1. The van der Waals surface area contributed by atoms with Gasteiger partial charge < -0.3 is 15.5 Å². The molecule has 0 radical (unpaired) electrons. The summed E-state index contributed by atoms with van der Waals surface area (Å²) in [5, 5.41) is 6.36. The first-order chi connectivity index (χ1) is 12.9. The standard InChI is InChI=1S/C19H30N4O3S.2ClH/c1-22(2)27(25,26)16-8-9-18(23-11-4-3-5-12-23)17(13-16)19(24)21-14-15-7-6-10-20-15;;/h8-9,13,15,20H,3-7,10-12,14H2,1-2H3,(H,21,24);2*1H. The zero-order valence-electron chi connectivity index (χ0n) is 17.0. The van der Waals surface area contributed by atoms with Crippen molar-refractivity contribution in [2.45, 2.75) is 43.0 Å². The Hall–Kier alpha value is -1.06. The quantitative estimate of drug-likeness (QED) is 0.671. The van der Waals surface area contributed by atoms with Crippen LogP contribution in [0.15, 0.2) is 23.1 Å². The van der Waals surface area contributed by atoms with Crippen molar-refractivity contribution >= 4 is 46.4 Å². The topological polar surface area (TPSA) is 81.8 Å². The molecule has 1 aromatic rings. The van der Waals surface area contributed by atoms with Crippen LogP contribution in [0, 0.1) is 0 Å². The van der Waals surface area contributed by atoms with Crippen molar-refractivity contribution in [1.82, 2.24) is 14.9 Å². The van der Waals surface area contributed by atoms with Crippen molar-refractivity contribution in [2.24, 2.45) is 0 Å². The number of nitrogens with zero attached hydrogens (tertiary/aromatic N) is 2. The predicted molar refractivity (Wildman–Crippen MR) is 121 cm³/mol. The molecular formula is C19H32Cl2N4O3S. The smallest absolute Gasteiger partial charge is 0.253 e. The Morgan fingerprint density at radius 1 is 1.17 bits per heavy atom. The first kappa shape index (κ1) is 26.0. The van der Waals surface area contributed by atoms with Crippen LogP contribution in [0.25, 0.3) is 0 Å². The highest BCUT2D eigenvalue weighted by Gasteiger charge is 2.24. The monoisotopic (exact) mass is 466 g/mol. The van der Waals surface area contributed by atoms with E-state index in [-0.39, 0.29) is 35.6 Å². The van der Waals surface area contributed by atoms with Gasteiger partial charge in [0, 0.05) is 45.5 Å². The number of carbonyl (C=O) groups is 1. The molecule has 1 atom stereocenters. The van der Waals surface area contributed by atoms with Gasteiger partial charge in [0.05, 0.1) is 10.5 Å². The Morgan fingerprint density at radius 2 is 1.86 bits per heavy atom. The lowest BCUT2D eigenvalue weighted by Crippen LogP contribution is -2.38. The fourth-order valence-electron chi connectivity index (χ4n) is 3.72. The third-order valence-electron chi connectivity index (χ3n) is 5.36. The maximum absolute atomic E-state index is 12.9. The van der Waals surface area contributed by atoms with E-state index in [4.69, 9.17) is 0 Å². The van der Waals surface area contributed by atoms with E-state index < -0.39 is 10.0 Å². The van der Waals surface area contributed by atoms with Crippen molar-refractivity contribution in [1.29, 1.82) is 0 Å². The molecule has 3 rings (SSSR count). The molecule has 2 fully saturated rings. The number of amides is 1. The van der Waals surface area contributed by atoms with Gasteiger partial charge in [0.25, 0.3) is 5.91 Å². The summed E-state index contributed by atoms with van der Waals surface area (Å²) < 4.78 is 26.2. The molecule has 29 heavy (non-hydrogen) atoms. The molecule has 2 aliphatic rings. The molecule has 0 spiro atoms. The van der Waals surface area contributed by atoms with Crippen molar-refractivity contribution in [2.75, 3.05) is 45.2 Å². The molecule has 10 heteroatoms. The Balaban J connectivity index is 0.00000210. The van der Waals surface area contributed by atoms with Crippen molar-refractivity contribution < 1.29 is 13.2 Å². The molecule has 0 saturated carbocycles. The fourth-order valence-corrected chi connectivity index (χ4v) is 4.65. The molecule has 2 heterocycles. The number of sulfonamides is 1. The summed E-state index contributed by atoms with van der Waals surface area (Å²) in [4.78, 5) is 15.3. The van der Waals surface area contributed by atoms with Crippen LogP contribution in [-0.2, 0) is 10.0 Å². The fraction of sp³-hybridized carbons (Fsp3) is 0.632. The molecule has 7 nitrogen and oxygen atoms in total. The van der Waals surface area contributed by atoms with Crippen molar-refractivity contribution in [3.8, 4) is 0 Å². The third kappa shape index (κ3) is 6.21. The minimum absolute atomic E-state index is 0. The number of hydrogen-bond acceptors (Lipinski definition) is 5. The normalized spacial score (nSPS) is 19.4. The summed E-state index contributed by atoms with van der Waals surface area (Å²) in [7, 11) is -0.590. The number of benzene rings is 1. The highest BCUT2D eigenvalue weighted by Crippen LogP contribution is 2.28. The van der Waals surface area contributed by atoms with Crippen LogP contribution >= 0.6 is 24.8 Å². The first-order valence-corrected chi connectivity index (χ1v) is 11.2. The Bertz CT molecular complexity index is 778. The van der Waals surface area contributed by atoms with Gasteiger partial charge in [0.2, 0.25) is 10.0 Å². The summed E-state index contributed by atoms with van der Waals surface area (Å²) in [5.74, 6) is -0.208. The van der Waals surface area contributed by atoms with E-state index in [1.54, 1.807) is 12.1 Å². The van der Waals surface area contributed by atoms with Gasteiger partial charge in [-0.2, -0.15) is 0 Å². The maximum Gasteiger partial charge on any atom is 0.253 e. The second-order valence-corrected chi connectivity index (χ2v) is 9.67. The van der Waals surface area contributed by atoms with Gasteiger partial charge in [0.1, 0.15) is 0 Å². The van der Waals surface area contributed by atoms with Crippen LogP contribution in [0.2, 0.25) is 0 Å². The van der Waals surface area contributed by atoms with Crippen LogP contribution in [0.4, 0.5) is 5.69 Å². The van der Waals surface area contributed by atoms with Crippen LogP contribution < -0.4 is 15.5 Å². The zero-order valence-corrected chi connectivity index (χ0v) is 19.5. The van der Waals surface area contributed by atoms with Gasteiger partial charge in [-0.1, -0.05) is 0 Å². The molecule has 166 valence electrons. The Labute approximate surface area is 186 Å². The molecular weight excluding hydrogens is 435 g/mol. The number of carbonyl (C=O) groups excluding carboxylic acids is 1. The number of nitrogens with one attached hydrogen (secondary N) is 2. The maximum atomic E-state index is 12.9. The second kappa shape index (κ2) is 11.4. The van der Waals surface area contributed by atoms with Crippen molar-refractivity contribution in [3.05, 3.63) is 23.8 Å². The Kier molecular flexibility index (Phi) is 10.2. The van der Waals surface area contributed by atoms with E-state index in [2.05, 4.69) is 15.5 Å². The Morgan fingerprint density at radius 3 is 2.45 bits per heavy atom. The largest absolute Gasteiger partial charge is 0.371 e. The molecule has 0 aromatic heterocycles. The molecule has 2 saturated heterocycles. The highest BCUT2D eigenvalue weighted by molar-refractivity contribution is 7.89. The molecule has 0 aliphatic carbocycles. The first-order valence-electron chi connectivity index (χ1n) is 9.72. The average Bonchev–Trinajstić information content (AvgIpc) is 3.20. The average molecular weight is 467 g/mol. The van der Waals surface area contributed by atoms with E-state index in [0.717, 1.165) is 51.0 Å². The van der Waals surface area contributed by atoms with Gasteiger partial charge in [-0.3, -0.25) is 4.79 Å². The number of halogens is 2. The van der Waals surface area contributed by atoms with Gasteiger partial charge >= 0.3 is 0 Å². The lowest BCUT2D eigenvalue weighted by molar-refractivity contribution is 0.0950. The summed E-state index contributed by atoms with van der Waals surface area (Å²) in [6.07, 6.45) is 5.54. The number of hydrogen-bond donors (Lipinski definition) is 2. The van der Waals surface area contributed by atoms with Crippen LogP contribution in [-0.4, -0.2) is 64.9 Å². The second-order valence-electron chi connectivity index (χ2n) is 7.52. The summed E-state index contributed by atoms with van der Waals surface area (Å²) in [6, 6.07) is 5.21. The van der Waals surface area contributed by atoms with E-state index in [0.29, 0.717) is 18.2 Å². The lowest BCUT2D eigenvalue weighted by Gasteiger charge is -2.30. The summed E-state index contributed by atoms with van der Waals surface area (Å²) in [5.41, 5.74) is 1.27. The number of anilines is 1. The zero-order chi connectivity index (χ0) is 19.4. The number of rotatable bonds is 6. The van der Waals surface area contributed by atoms with E-state index in [9.17, 15) is 13.2 Å². The molecule has 1 amide bonds. The van der Waals surface area contributed by atoms with E-state index in [1.807, 2.05) is 0 Å². The molecule has 1 aromatic carbocycles. The van der Waals surface area contributed by atoms with Gasteiger partial charge in [-0.15, -0.1) is 24.8 Å². The molecule has 2 aliphatic heterocycles. The van der Waals surface area contributed by atoms with E-state index >= 15 is 0 Å². The highest BCUT2D eigenvalue weighted by atomic mass is 35.5. The van der Waals surface area contributed by atoms with Gasteiger partial charge in [-0.25, -0.2) is 12.7 Å². The summed E-state index contributed by atoms with van der Waals surface area (Å²) in [6.45, 7) is 3.33. The molecule has 1 unspecified atom stereocenters. The molecule has 2 N–H and O–H groups in total. The van der Waals surface area contributed by atoms with Gasteiger partial charge in [0.15, 0.2) is 0 Å². The van der Waals surface area contributed by atoms with E-state index in [1.165, 1.54) is 30.9 Å². The van der Waals surface area contributed by atoms with Crippen LogP contribution in [0.5, 0.6) is 0 Å². The SMILES string of the molecule is CN(C)S(=O)(=O)c1ccc(N2CCCCC2)c(C(=O)NCC2CCCN2)c1.Cl.Cl. The lowest BCUT2D eigenvalue weighted by atomic mass is 10.1. The van der Waals surface area contributed by atoms with Gasteiger partial charge in [-0.05, 0) is 56.8 Å². The predicted octanol–water partition coefficient (Wildman–Crippen LogP) is 2.25. The minimum Gasteiger partial charge on any atom is -0.371 e. The summed E-state index contributed by atoms with van der Waals surface area (Å²) >= 11 is 0. The van der Waals surface area contributed by atoms with Crippen molar-refractivity contribution in [3.63, 3.8) is 0 Å². The van der Waals surface area contributed by atoms with Crippen LogP contribution in [0.1, 0.15) is 42.5 Å². The minimum atomic E-state index is -3.59.